The maximum atomic E-state index is 13.5. The first kappa shape index (κ1) is 23.5. The maximum Gasteiger partial charge on any atom is 0.264 e. The third-order valence-corrected chi connectivity index (χ3v) is 7.24. The molecule has 2 aromatic heterocycles. The first-order valence-corrected chi connectivity index (χ1v) is 12.2. The van der Waals surface area contributed by atoms with Crippen LogP contribution in [0, 0.1) is 0 Å². The molecule has 0 fully saturated rings. The Bertz CT molecular complexity index is 1380. The van der Waals surface area contributed by atoms with Gasteiger partial charge in [-0.05, 0) is 60.2 Å². The van der Waals surface area contributed by atoms with E-state index in [1.807, 2.05) is 6.07 Å². The highest BCUT2D eigenvalue weighted by atomic mass is 35.5. The number of hydrogen-bond acceptors (Lipinski definition) is 5. The summed E-state index contributed by atoms with van der Waals surface area (Å²) < 4.78 is 33.1. The van der Waals surface area contributed by atoms with Gasteiger partial charge in [0.05, 0.1) is 23.4 Å². The van der Waals surface area contributed by atoms with Crippen LogP contribution < -0.4 is 4.31 Å². The molecular formula is C25H22ClN3O4S. The Hall–Kier alpha value is -3.62. The summed E-state index contributed by atoms with van der Waals surface area (Å²) in [6.45, 7) is 0.507. The van der Waals surface area contributed by atoms with Crippen LogP contribution in [-0.2, 0) is 23.1 Å². The third-order valence-electron chi connectivity index (χ3n) is 5.22. The molecule has 1 amide bonds. The number of furan rings is 1. The number of hydrogen-bond donors (Lipinski definition) is 0. The van der Waals surface area contributed by atoms with Crippen molar-refractivity contribution >= 4 is 33.2 Å². The van der Waals surface area contributed by atoms with Gasteiger partial charge in [-0.2, -0.15) is 0 Å². The van der Waals surface area contributed by atoms with Crippen molar-refractivity contribution in [1.29, 1.82) is 0 Å². The summed E-state index contributed by atoms with van der Waals surface area (Å²) in [5, 5.41) is 0.424. The van der Waals surface area contributed by atoms with Crippen LogP contribution in [0.15, 0.2) is 101 Å². The van der Waals surface area contributed by atoms with Crippen LogP contribution in [0.3, 0.4) is 0 Å². The molecule has 9 heteroatoms. The lowest BCUT2D eigenvalue weighted by atomic mass is 10.1. The van der Waals surface area contributed by atoms with Crippen molar-refractivity contribution in [3.8, 4) is 0 Å². The smallest absolute Gasteiger partial charge is 0.264 e. The van der Waals surface area contributed by atoms with E-state index < -0.39 is 10.0 Å². The van der Waals surface area contributed by atoms with Gasteiger partial charge in [0, 0.05) is 36.6 Å². The van der Waals surface area contributed by atoms with Gasteiger partial charge in [0.2, 0.25) is 0 Å². The molecule has 0 unspecified atom stereocenters. The molecule has 0 radical (unpaired) electrons. The highest BCUT2D eigenvalue weighted by Crippen LogP contribution is 2.25. The second-order valence-electron chi connectivity index (χ2n) is 7.58. The van der Waals surface area contributed by atoms with Crippen LogP contribution in [0.5, 0.6) is 0 Å². The van der Waals surface area contributed by atoms with Crippen molar-refractivity contribution in [2.24, 2.45) is 0 Å². The average molecular weight is 496 g/mol. The predicted molar refractivity (Wildman–Crippen MR) is 130 cm³/mol. The lowest BCUT2D eigenvalue weighted by Crippen LogP contribution is -2.31. The van der Waals surface area contributed by atoms with Gasteiger partial charge in [0.15, 0.2) is 0 Å². The normalized spacial score (nSPS) is 11.2. The van der Waals surface area contributed by atoms with Crippen LogP contribution in [0.1, 0.15) is 21.7 Å². The van der Waals surface area contributed by atoms with E-state index in [4.69, 9.17) is 16.0 Å². The van der Waals surface area contributed by atoms with E-state index in [1.165, 1.54) is 19.2 Å². The maximum absolute atomic E-state index is 13.5. The number of nitrogens with zero attached hydrogens (tertiary/aromatic N) is 3. The molecule has 0 aliphatic carbocycles. The summed E-state index contributed by atoms with van der Waals surface area (Å²) in [4.78, 5) is 19.2. The Balaban J connectivity index is 1.64. The molecule has 0 atom stereocenters. The molecule has 0 bridgehead atoms. The van der Waals surface area contributed by atoms with E-state index in [0.717, 1.165) is 9.87 Å². The first-order valence-electron chi connectivity index (χ1n) is 10.4. The summed E-state index contributed by atoms with van der Waals surface area (Å²) in [5.41, 5.74) is 1.50. The molecule has 0 spiro atoms. The molecule has 4 rings (SSSR count). The van der Waals surface area contributed by atoms with Gasteiger partial charge in [0.25, 0.3) is 15.9 Å². The molecule has 0 aliphatic heterocycles. The molecule has 7 nitrogen and oxygen atoms in total. The highest BCUT2D eigenvalue weighted by Gasteiger charge is 2.24. The molecule has 0 saturated heterocycles. The molecule has 34 heavy (non-hydrogen) atoms. The van der Waals surface area contributed by atoms with Gasteiger partial charge >= 0.3 is 0 Å². The minimum Gasteiger partial charge on any atom is -0.467 e. The SMILES string of the molecule is CN(c1cccc(Cl)c1)S(=O)(=O)c1cccc(C(=O)N(Cc2cccnc2)Cc2ccco2)c1. The lowest BCUT2D eigenvalue weighted by molar-refractivity contribution is 0.0717. The fourth-order valence-electron chi connectivity index (χ4n) is 3.44. The predicted octanol–water partition coefficient (Wildman–Crippen LogP) is 5.00. The van der Waals surface area contributed by atoms with E-state index in [0.29, 0.717) is 16.5 Å². The van der Waals surface area contributed by atoms with E-state index >= 15 is 0 Å². The molecule has 0 saturated carbocycles. The summed E-state index contributed by atoms with van der Waals surface area (Å²) in [7, 11) is -2.48. The van der Waals surface area contributed by atoms with Gasteiger partial charge < -0.3 is 9.32 Å². The Morgan fingerprint density at radius 2 is 1.82 bits per heavy atom. The standard InChI is InChI=1S/C25H22ClN3O4S/c1-28(22-9-3-8-21(26)15-22)34(31,32)24-11-2-7-20(14-24)25(30)29(18-23-10-5-13-33-23)17-19-6-4-12-27-16-19/h2-16H,17-18H2,1H3. The average Bonchev–Trinajstić information content (AvgIpc) is 3.36. The first-order chi connectivity index (χ1) is 16.3. The number of rotatable bonds is 8. The largest absolute Gasteiger partial charge is 0.467 e. The highest BCUT2D eigenvalue weighted by molar-refractivity contribution is 7.92. The number of halogens is 1. The number of anilines is 1. The lowest BCUT2D eigenvalue weighted by Gasteiger charge is -2.23. The number of amides is 1. The van der Waals surface area contributed by atoms with Crippen molar-refractivity contribution in [2.75, 3.05) is 11.4 Å². The van der Waals surface area contributed by atoms with Crippen molar-refractivity contribution in [3.05, 3.63) is 113 Å². The van der Waals surface area contributed by atoms with E-state index in [1.54, 1.807) is 78.2 Å². The van der Waals surface area contributed by atoms with Gasteiger partial charge in [-0.1, -0.05) is 29.8 Å². The summed E-state index contributed by atoms with van der Waals surface area (Å²) >= 11 is 6.03. The number of carbonyl (C=O) groups excluding carboxylic acids is 1. The van der Waals surface area contributed by atoms with E-state index in [2.05, 4.69) is 4.98 Å². The Morgan fingerprint density at radius 3 is 2.53 bits per heavy atom. The number of aromatic nitrogens is 1. The van der Waals surface area contributed by atoms with Gasteiger partial charge in [-0.3, -0.25) is 14.1 Å². The van der Waals surface area contributed by atoms with Crippen LogP contribution in [0.4, 0.5) is 5.69 Å². The number of carbonyl (C=O) groups is 1. The topological polar surface area (TPSA) is 83.7 Å². The molecule has 4 aromatic rings. The Labute approximate surface area is 203 Å². The van der Waals surface area contributed by atoms with Crippen LogP contribution in [0.25, 0.3) is 0 Å². The number of benzene rings is 2. The number of sulfonamides is 1. The summed E-state index contributed by atoms with van der Waals surface area (Å²) in [5.74, 6) is 0.282. The second-order valence-corrected chi connectivity index (χ2v) is 9.99. The van der Waals surface area contributed by atoms with Gasteiger partial charge in [-0.25, -0.2) is 8.42 Å². The monoisotopic (exact) mass is 495 g/mol. The quantitative estimate of drug-likeness (QED) is 0.343. The van der Waals surface area contributed by atoms with Gasteiger partial charge in [0.1, 0.15) is 5.76 Å². The minimum atomic E-state index is -3.92. The molecule has 2 aromatic carbocycles. The summed E-state index contributed by atoms with van der Waals surface area (Å²) in [6, 6.07) is 19.8. The molecule has 0 N–H and O–H groups in total. The fraction of sp³-hybridized carbons (Fsp3) is 0.120. The molecular weight excluding hydrogens is 474 g/mol. The van der Waals surface area contributed by atoms with Crippen molar-refractivity contribution in [3.63, 3.8) is 0 Å². The van der Waals surface area contributed by atoms with Crippen LogP contribution >= 0.6 is 11.6 Å². The van der Waals surface area contributed by atoms with Crippen LogP contribution in [-0.4, -0.2) is 31.3 Å². The summed E-state index contributed by atoms with van der Waals surface area (Å²) in [6.07, 6.45) is 4.89. The van der Waals surface area contributed by atoms with Crippen molar-refractivity contribution in [2.45, 2.75) is 18.0 Å². The van der Waals surface area contributed by atoms with Gasteiger partial charge in [-0.15, -0.1) is 0 Å². The third kappa shape index (κ3) is 5.30. The van der Waals surface area contributed by atoms with E-state index in [-0.39, 0.29) is 29.5 Å². The van der Waals surface area contributed by atoms with Crippen molar-refractivity contribution in [1.82, 2.24) is 9.88 Å². The van der Waals surface area contributed by atoms with E-state index in [9.17, 15) is 13.2 Å². The zero-order valence-electron chi connectivity index (χ0n) is 18.3. The van der Waals surface area contributed by atoms with Crippen LogP contribution in [0.2, 0.25) is 5.02 Å². The zero-order chi connectivity index (χ0) is 24.1. The number of pyridine rings is 1. The molecule has 0 aliphatic rings. The molecule has 2 heterocycles. The fourth-order valence-corrected chi connectivity index (χ4v) is 4.86. The Kier molecular flexibility index (Phi) is 7.00. The second kappa shape index (κ2) is 10.1. The van der Waals surface area contributed by atoms with Crippen molar-refractivity contribution < 1.29 is 17.6 Å². The zero-order valence-corrected chi connectivity index (χ0v) is 19.9. The Morgan fingerprint density at radius 1 is 1.00 bits per heavy atom. The minimum absolute atomic E-state index is 0.000141. The molecule has 174 valence electrons.